The summed E-state index contributed by atoms with van der Waals surface area (Å²) >= 11 is 0. The van der Waals surface area contributed by atoms with Crippen molar-refractivity contribution in [3.63, 3.8) is 0 Å². The smallest absolute Gasteiger partial charge is 0.410 e. The lowest BCUT2D eigenvalue weighted by molar-refractivity contribution is -0.384. The van der Waals surface area contributed by atoms with Crippen LogP contribution >= 0.6 is 0 Å². The number of ether oxygens (including phenoxy) is 1. The van der Waals surface area contributed by atoms with Crippen molar-refractivity contribution in [1.29, 1.82) is 0 Å². The number of hydrogen-bond acceptors (Lipinski definition) is 8. The summed E-state index contributed by atoms with van der Waals surface area (Å²) in [7, 11) is 0. The largest absolute Gasteiger partial charge is 0.445 e. The lowest BCUT2D eigenvalue weighted by Gasteiger charge is -2.38. The number of hydrogen-bond donors (Lipinski definition) is 0. The average Bonchev–Trinajstić information content (AvgIpc) is 3.54. The van der Waals surface area contributed by atoms with Crippen LogP contribution in [0.4, 0.5) is 10.5 Å². The quantitative estimate of drug-likeness (QED) is 0.110. The van der Waals surface area contributed by atoms with Gasteiger partial charge < -0.3 is 14.5 Å². The van der Waals surface area contributed by atoms with Crippen molar-refractivity contribution in [1.82, 2.24) is 30.0 Å². The normalized spacial score (nSPS) is 14.5. The van der Waals surface area contributed by atoms with Gasteiger partial charge in [0.15, 0.2) is 0 Å². The Morgan fingerprint density at radius 2 is 1.73 bits per heavy atom. The number of tetrazole rings is 1. The number of benzene rings is 3. The summed E-state index contributed by atoms with van der Waals surface area (Å²) in [6.07, 6.45) is 3.92. The molecule has 228 valence electrons. The fourth-order valence-electron chi connectivity index (χ4n) is 5.56. The highest BCUT2D eigenvalue weighted by atomic mass is 16.6. The van der Waals surface area contributed by atoms with E-state index in [2.05, 4.69) is 51.2 Å². The Morgan fingerprint density at radius 1 is 1.05 bits per heavy atom. The molecule has 0 radical (unpaired) electrons. The van der Waals surface area contributed by atoms with Crippen LogP contribution in [0, 0.1) is 10.1 Å². The summed E-state index contributed by atoms with van der Waals surface area (Å²) in [5.74, 6) is 0.841. The second kappa shape index (κ2) is 15.0. The fraction of sp³-hybridized carbons (Fsp3) is 0.333. The maximum atomic E-state index is 13.0. The van der Waals surface area contributed by atoms with Gasteiger partial charge in [0, 0.05) is 49.3 Å². The number of rotatable bonds is 13. The molecule has 11 heteroatoms. The third-order valence-corrected chi connectivity index (χ3v) is 8.00. The van der Waals surface area contributed by atoms with Crippen LogP contribution in [0.15, 0.2) is 97.6 Å². The lowest BCUT2D eigenvalue weighted by Crippen LogP contribution is -2.47. The molecule has 0 N–H and O–H groups in total. The van der Waals surface area contributed by atoms with E-state index in [4.69, 9.17) is 4.74 Å². The van der Waals surface area contributed by atoms with Gasteiger partial charge in [-0.25, -0.2) is 4.79 Å². The summed E-state index contributed by atoms with van der Waals surface area (Å²) in [5.41, 5.74) is 2.89. The molecule has 0 bridgehead atoms. The minimum Gasteiger partial charge on any atom is -0.445 e. The first kappa shape index (κ1) is 30.6. The standard InChI is InChI=1S/C33H37N7O4/c1-2-20-38(33(41)44-25-26-13-15-31(16-14-26)40(42)43)30-18-22-37(23-19-30)21-17-29(27-9-5-3-6-10-27)24-39-35-32(34-36-39)28-11-7-4-8-12-28/h2-16,29-30H,1,17-25H2. The monoisotopic (exact) mass is 595 g/mol. The number of carbonyl (C=O) groups excluding carboxylic acids is 1. The van der Waals surface area contributed by atoms with Crippen LogP contribution in [0.2, 0.25) is 0 Å². The Labute approximate surface area is 256 Å². The van der Waals surface area contributed by atoms with Crippen LogP contribution in [0.25, 0.3) is 11.4 Å². The first-order chi connectivity index (χ1) is 21.5. The molecule has 0 saturated carbocycles. The second-order valence-corrected chi connectivity index (χ2v) is 10.9. The van der Waals surface area contributed by atoms with E-state index >= 15 is 0 Å². The van der Waals surface area contributed by atoms with E-state index < -0.39 is 11.0 Å². The van der Waals surface area contributed by atoms with Gasteiger partial charge >= 0.3 is 6.09 Å². The Hall–Kier alpha value is -4.90. The summed E-state index contributed by atoms with van der Waals surface area (Å²) in [4.78, 5) is 29.3. The Morgan fingerprint density at radius 3 is 2.39 bits per heavy atom. The van der Waals surface area contributed by atoms with E-state index in [1.54, 1.807) is 27.9 Å². The Kier molecular flexibility index (Phi) is 10.4. The molecule has 2 heterocycles. The molecule has 4 aromatic rings. The molecule has 0 aliphatic carbocycles. The first-order valence-electron chi connectivity index (χ1n) is 14.9. The van der Waals surface area contributed by atoms with E-state index in [0.717, 1.165) is 44.5 Å². The molecule has 1 fully saturated rings. The van der Waals surface area contributed by atoms with E-state index in [9.17, 15) is 14.9 Å². The average molecular weight is 596 g/mol. The third kappa shape index (κ3) is 8.13. The molecule has 3 aromatic carbocycles. The topological polar surface area (TPSA) is 120 Å². The highest BCUT2D eigenvalue weighted by molar-refractivity contribution is 5.68. The zero-order valence-electron chi connectivity index (χ0n) is 24.6. The van der Waals surface area contributed by atoms with E-state index in [-0.39, 0.29) is 24.3 Å². The molecule has 1 aromatic heterocycles. The number of non-ortho nitro benzene ring substituents is 1. The van der Waals surface area contributed by atoms with E-state index in [0.29, 0.717) is 24.5 Å². The number of amides is 1. The number of nitro benzene ring substituents is 1. The first-order valence-corrected chi connectivity index (χ1v) is 14.9. The molecule has 11 nitrogen and oxygen atoms in total. The molecule has 1 amide bonds. The van der Waals surface area contributed by atoms with Crippen LogP contribution < -0.4 is 0 Å². The minimum absolute atomic E-state index is 0.00228. The van der Waals surface area contributed by atoms with Crippen molar-refractivity contribution in [2.24, 2.45) is 0 Å². The highest BCUT2D eigenvalue weighted by Crippen LogP contribution is 2.25. The zero-order chi connectivity index (χ0) is 30.7. The third-order valence-electron chi connectivity index (χ3n) is 8.00. The van der Waals surface area contributed by atoms with Gasteiger partial charge in [0.25, 0.3) is 5.69 Å². The van der Waals surface area contributed by atoms with Gasteiger partial charge in [-0.2, -0.15) is 4.80 Å². The number of nitrogens with zero attached hydrogens (tertiary/aromatic N) is 7. The molecule has 44 heavy (non-hydrogen) atoms. The van der Waals surface area contributed by atoms with Crippen LogP contribution in [-0.2, 0) is 17.9 Å². The van der Waals surface area contributed by atoms with Crippen LogP contribution in [0.3, 0.4) is 0 Å². The summed E-state index contributed by atoms with van der Waals surface area (Å²) in [6.45, 7) is 7.57. The molecule has 1 saturated heterocycles. The van der Waals surface area contributed by atoms with Crippen LogP contribution in [0.5, 0.6) is 0 Å². The van der Waals surface area contributed by atoms with Crippen molar-refractivity contribution < 1.29 is 14.5 Å². The highest BCUT2D eigenvalue weighted by Gasteiger charge is 2.29. The van der Waals surface area contributed by atoms with Crippen molar-refractivity contribution in [3.8, 4) is 11.4 Å². The maximum Gasteiger partial charge on any atom is 0.410 e. The van der Waals surface area contributed by atoms with Crippen LogP contribution in [0.1, 0.15) is 36.3 Å². The summed E-state index contributed by atoms with van der Waals surface area (Å²) in [6, 6.07) is 26.4. The minimum atomic E-state index is -0.453. The van der Waals surface area contributed by atoms with Crippen molar-refractivity contribution in [2.75, 3.05) is 26.2 Å². The van der Waals surface area contributed by atoms with Crippen molar-refractivity contribution in [2.45, 2.75) is 44.4 Å². The van der Waals surface area contributed by atoms with Gasteiger partial charge in [-0.05, 0) is 54.3 Å². The maximum absolute atomic E-state index is 13.0. The van der Waals surface area contributed by atoms with Gasteiger partial charge in [-0.15, -0.1) is 16.8 Å². The van der Waals surface area contributed by atoms with Gasteiger partial charge in [0.05, 0.1) is 11.5 Å². The van der Waals surface area contributed by atoms with Gasteiger partial charge in [-0.3, -0.25) is 10.1 Å². The molecule has 0 spiro atoms. The lowest BCUT2D eigenvalue weighted by atomic mass is 9.94. The predicted molar refractivity (Wildman–Crippen MR) is 167 cm³/mol. The number of nitro groups is 1. The van der Waals surface area contributed by atoms with Crippen LogP contribution in [-0.4, -0.2) is 73.2 Å². The molecule has 1 aliphatic rings. The second-order valence-electron chi connectivity index (χ2n) is 10.9. The molecule has 5 rings (SSSR count). The zero-order valence-corrected chi connectivity index (χ0v) is 24.6. The van der Waals surface area contributed by atoms with E-state index in [1.807, 2.05) is 36.4 Å². The summed E-state index contributed by atoms with van der Waals surface area (Å²) < 4.78 is 5.57. The SMILES string of the molecule is C=CCN(C(=O)OCc1ccc([N+](=O)[O-])cc1)C1CCN(CCC(Cn2nnc(-c3ccccc3)n2)c2ccccc2)CC1. The van der Waals surface area contributed by atoms with Gasteiger partial charge in [0.1, 0.15) is 6.61 Å². The summed E-state index contributed by atoms with van der Waals surface area (Å²) in [5, 5.41) is 24.1. The van der Waals surface area contributed by atoms with E-state index in [1.165, 1.54) is 17.7 Å². The molecule has 1 atom stereocenters. The Bertz CT molecular complexity index is 1500. The number of piperidine rings is 1. The number of likely N-dealkylation sites (tertiary alicyclic amines) is 1. The number of aromatic nitrogens is 4. The molecule has 1 aliphatic heterocycles. The van der Waals surface area contributed by atoms with Gasteiger partial charge in [-0.1, -0.05) is 66.7 Å². The Balaban J connectivity index is 1.14. The molecular weight excluding hydrogens is 558 g/mol. The van der Waals surface area contributed by atoms with Crippen molar-refractivity contribution in [3.05, 3.63) is 119 Å². The van der Waals surface area contributed by atoms with Gasteiger partial charge in [0.2, 0.25) is 5.82 Å². The predicted octanol–water partition coefficient (Wildman–Crippen LogP) is 5.71. The molecule has 1 unspecified atom stereocenters. The van der Waals surface area contributed by atoms with Crippen molar-refractivity contribution >= 4 is 11.8 Å². The fourth-order valence-corrected chi connectivity index (χ4v) is 5.56. The molecular formula is C33H37N7O4. The number of carbonyl (C=O) groups is 1.